The number of fused-ring (bicyclic) bond motifs is 2. The number of rotatable bonds is 8. The van der Waals surface area contributed by atoms with Crippen molar-refractivity contribution in [3.63, 3.8) is 0 Å². The summed E-state index contributed by atoms with van der Waals surface area (Å²) in [5.74, 6) is 3.64. The van der Waals surface area contributed by atoms with Gasteiger partial charge in [0.25, 0.3) is 0 Å². The highest BCUT2D eigenvalue weighted by molar-refractivity contribution is 7.98. The first kappa shape index (κ1) is 31.0. The molecule has 0 bridgehead atoms. The summed E-state index contributed by atoms with van der Waals surface area (Å²) < 4.78 is 10.9. The predicted molar refractivity (Wildman–Crippen MR) is 175 cm³/mol. The second-order valence-electron chi connectivity index (χ2n) is 10.2. The molecule has 0 aliphatic heterocycles. The summed E-state index contributed by atoms with van der Waals surface area (Å²) in [7, 11) is 3.36. The van der Waals surface area contributed by atoms with Crippen molar-refractivity contribution >= 4 is 45.6 Å². The molecule has 0 atom stereocenters. The van der Waals surface area contributed by atoms with E-state index in [1.54, 1.807) is 74.1 Å². The maximum Gasteiger partial charge on any atom is 0.166 e. The van der Waals surface area contributed by atoms with Crippen LogP contribution in [-0.4, -0.2) is 54.3 Å². The zero-order chi connectivity index (χ0) is 31.4. The van der Waals surface area contributed by atoms with Crippen molar-refractivity contribution in [2.45, 2.75) is 49.5 Å². The van der Waals surface area contributed by atoms with Crippen molar-refractivity contribution in [1.82, 2.24) is 29.9 Å². The molecule has 4 heterocycles. The maximum atomic E-state index is 9.49. The lowest BCUT2D eigenvalue weighted by Crippen LogP contribution is -1.98. The Morgan fingerprint density at radius 3 is 1.45 bits per heavy atom. The number of thioether (sulfide) groups is 2. The van der Waals surface area contributed by atoms with E-state index in [1.807, 2.05) is 40.1 Å². The van der Waals surface area contributed by atoms with Gasteiger partial charge in [0.05, 0.1) is 47.7 Å². The number of H-pyrrole nitrogens is 2. The molecule has 0 radical (unpaired) electrons. The van der Waals surface area contributed by atoms with Crippen molar-refractivity contribution < 1.29 is 19.7 Å². The first-order chi connectivity index (χ1) is 21.2. The molecule has 0 spiro atoms. The first-order valence-corrected chi connectivity index (χ1v) is 15.7. The van der Waals surface area contributed by atoms with Gasteiger partial charge in [0, 0.05) is 58.3 Å². The molecule has 6 aromatic rings. The number of nitrogens with one attached hydrogen (secondary N) is 2. The van der Waals surface area contributed by atoms with E-state index in [1.165, 1.54) is 0 Å². The van der Waals surface area contributed by atoms with E-state index < -0.39 is 0 Å². The predicted octanol–water partition coefficient (Wildman–Crippen LogP) is 7.16. The van der Waals surface area contributed by atoms with Crippen LogP contribution in [0.4, 0.5) is 0 Å². The Hall–Kier alpha value is -4.42. The maximum absolute atomic E-state index is 9.49. The molecular weight excluding hydrogens is 597 g/mol. The van der Waals surface area contributed by atoms with E-state index in [9.17, 15) is 10.2 Å². The van der Waals surface area contributed by atoms with Gasteiger partial charge in [-0.3, -0.25) is 9.97 Å². The van der Waals surface area contributed by atoms with Crippen LogP contribution in [0.3, 0.4) is 0 Å². The molecule has 6 rings (SSSR count). The van der Waals surface area contributed by atoms with Crippen LogP contribution in [0.15, 0.2) is 59.1 Å². The molecule has 0 aliphatic rings. The van der Waals surface area contributed by atoms with Crippen molar-refractivity contribution in [2.75, 3.05) is 14.2 Å². The number of imidazole rings is 2. The Kier molecular flexibility index (Phi) is 9.50. The minimum absolute atomic E-state index is 0.230. The summed E-state index contributed by atoms with van der Waals surface area (Å²) in [5, 5.41) is 20.6. The number of hydrogen-bond donors (Lipinski definition) is 4. The van der Waals surface area contributed by atoms with E-state index >= 15 is 0 Å². The zero-order valence-electron chi connectivity index (χ0n) is 25.3. The largest absolute Gasteiger partial charge is 0.508 e. The van der Waals surface area contributed by atoms with Crippen LogP contribution in [0.1, 0.15) is 33.6 Å². The molecule has 4 N–H and O–H groups in total. The van der Waals surface area contributed by atoms with Gasteiger partial charge in [0.2, 0.25) is 0 Å². The molecule has 10 nitrogen and oxygen atoms in total. The van der Waals surface area contributed by atoms with Crippen LogP contribution in [0.2, 0.25) is 0 Å². The first-order valence-electron chi connectivity index (χ1n) is 13.8. The number of ether oxygens (including phenoxy) is 2. The normalized spacial score (nSPS) is 11.0. The molecule has 4 aromatic heterocycles. The number of aromatic hydroxyl groups is 2. The third kappa shape index (κ3) is 6.87. The molecule has 0 fully saturated rings. The van der Waals surface area contributed by atoms with E-state index in [2.05, 4.69) is 29.9 Å². The third-order valence-corrected chi connectivity index (χ3v) is 8.85. The summed E-state index contributed by atoms with van der Waals surface area (Å²) >= 11 is 3.16. The molecule has 2 aromatic carbocycles. The van der Waals surface area contributed by atoms with Gasteiger partial charge in [0.1, 0.15) is 23.0 Å². The Morgan fingerprint density at radius 1 is 0.659 bits per heavy atom. The summed E-state index contributed by atoms with van der Waals surface area (Å²) in [5.41, 5.74) is 9.49. The van der Waals surface area contributed by atoms with Gasteiger partial charge in [-0.05, 0) is 52.0 Å². The number of aryl methyl sites for hydroxylation is 2. The van der Waals surface area contributed by atoms with Crippen LogP contribution < -0.4 is 9.47 Å². The van der Waals surface area contributed by atoms with Gasteiger partial charge in [-0.2, -0.15) is 0 Å². The fourth-order valence-corrected chi connectivity index (χ4v) is 6.61. The van der Waals surface area contributed by atoms with Crippen molar-refractivity contribution in [3.8, 4) is 23.0 Å². The summed E-state index contributed by atoms with van der Waals surface area (Å²) in [4.78, 5) is 24.4. The second kappa shape index (κ2) is 13.5. The number of pyridine rings is 2. The molecule has 0 unspecified atom stereocenters. The fraction of sp³-hybridized carbons (Fsp3) is 0.250. The zero-order valence-corrected chi connectivity index (χ0v) is 27.0. The van der Waals surface area contributed by atoms with Gasteiger partial charge in [-0.15, -0.1) is 0 Å². The van der Waals surface area contributed by atoms with E-state index in [0.717, 1.165) is 77.5 Å². The van der Waals surface area contributed by atoms with E-state index in [4.69, 9.17) is 9.47 Å². The van der Waals surface area contributed by atoms with Gasteiger partial charge in [-0.25, -0.2) is 9.97 Å². The van der Waals surface area contributed by atoms with Crippen LogP contribution in [0.5, 0.6) is 23.0 Å². The smallest absolute Gasteiger partial charge is 0.166 e. The topological polar surface area (TPSA) is 142 Å². The summed E-state index contributed by atoms with van der Waals surface area (Å²) in [6.07, 6.45) is 3.66. The molecule has 44 heavy (non-hydrogen) atoms. The number of hydrogen-bond acceptors (Lipinski definition) is 10. The lowest BCUT2D eigenvalue weighted by molar-refractivity contribution is 0.407. The Bertz CT molecular complexity index is 1800. The average molecular weight is 631 g/mol. The average Bonchev–Trinajstić information content (AvgIpc) is 3.60. The molecule has 0 amide bonds. The van der Waals surface area contributed by atoms with Gasteiger partial charge >= 0.3 is 0 Å². The number of aromatic amines is 2. The van der Waals surface area contributed by atoms with Gasteiger partial charge < -0.3 is 29.7 Å². The fourth-order valence-electron chi connectivity index (χ4n) is 4.79. The lowest BCUT2D eigenvalue weighted by Gasteiger charge is -2.11. The minimum atomic E-state index is 0.230. The summed E-state index contributed by atoms with van der Waals surface area (Å²) in [6, 6.07) is 10.2. The number of phenols is 2. The SMILES string of the molecule is COc1c(C)cnc(CSc2nc3ccc(O)cc3[nH]2)c1C.COc1c(C)cnc(CSc2nc3ccc(O)cc3[nH]2)c1C. The molecule has 0 saturated heterocycles. The monoisotopic (exact) mass is 630 g/mol. The standard InChI is InChI=1S/2C16H17N3O2S/c2*1-9-7-17-14(10(2)15(9)21-3)8-22-16-18-12-5-4-11(20)6-13(12)19-16/h2*4-7,20H,8H2,1-3H3,(H,18,19). The highest BCUT2D eigenvalue weighted by atomic mass is 32.2. The number of nitrogens with zero attached hydrogens (tertiary/aromatic N) is 4. The number of methoxy groups -OCH3 is 2. The van der Waals surface area contributed by atoms with Crippen LogP contribution in [-0.2, 0) is 11.5 Å². The third-order valence-electron chi connectivity index (χ3n) is 7.08. The number of benzene rings is 2. The number of phenolic OH excluding ortho intramolecular Hbond substituents is 2. The highest BCUT2D eigenvalue weighted by Gasteiger charge is 2.13. The van der Waals surface area contributed by atoms with E-state index in [-0.39, 0.29) is 11.5 Å². The van der Waals surface area contributed by atoms with Gasteiger partial charge in [0.15, 0.2) is 10.3 Å². The molecule has 228 valence electrons. The minimum Gasteiger partial charge on any atom is -0.508 e. The van der Waals surface area contributed by atoms with Crippen LogP contribution >= 0.6 is 23.5 Å². The van der Waals surface area contributed by atoms with Crippen LogP contribution in [0, 0.1) is 27.7 Å². The summed E-state index contributed by atoms with van der Waals surface area (Å²) in [6.45, 7) is 8.01. The van der Waals surface area contributed by atoms with Crippen molar-refractivity contribution in [2.24, 2.45) is 0 Å². The molecule has 0 saturated carbocycles. The van der Waals surface area contributed by atoms with Crippen molar-refractivity contribution in [1.29, 1.82) is 0 Å². The highest BCUT2D eigenvalue weighted by Crippen LogP contribution is 2.31. The second-order valence-corrected chi connectivity index (χ2v) is 12.1. The lowest BCUT2D eigenvalue weighted by atomic mass is 10.1. The Balaban J connectivity index is 0.000000175. The number of aromatic nitrogens is 6. The molecular formula is C32H34N6O4S2. The van der Waals surface area contributed by atoms with E-state index in [0.29, 0.717) is 11.5 Å². The Labute approximate surface area is 263 Å². The van der Waals surface area contributed by atoms with Crippen LogP contribution in [0.25, 0.3) is 22.1 Å². The Morgan fingerprint density at radius 2 is 1.07 bits per heavy atom. The molecule has 12 heteroatoms. The molecule has 0 aliphatic carbocycles. The van der Waals surface area contributed by atoms with Gasteiger partial charge in [-0.1, -0.05) is 23.5 Å². The van der Waals surface area contributed by atoms with Crippen molar-refractivity contribution in [3.05, 3.63) is 82.4 Å². The quantitative estimate of drug-likeness (QED) is 0.128.